The highest BCUT2D eigenvalue weighted by Gasteiger charge is 2.35. The summed E-state index contributed by atoms with van der Waals surface area (Å²) in [5, 5.41) is 15.8. The Bertz CT molecular complexity index is 935. The van der Waals surface area contributed by atoms with Crippen LogP contribution in [0.4, 0.5) is 0 Å². The molecule has 0 atom stereocenters. The summed E-state index contributed by atoms with van der Waals surface area (Å²) in [5.74, 6) is -1.87. The lowest BCUT2D eigenvalue weighted by atomic mass is 9.87. The number of hydrogen-bond acceptors (Lipinski definition) is 8. The Kier molecular flexibility index (Phi) is 20.4. The van der Waals surface area contributed by atoms with Crippen molar-refractivity contribution in [3.63, 3.8) is 0 Å². The lowest BCUT2D eigenvalue weighted by molar-refractivity contribution is -0.133. The van der Waals surface area contributed by atoms with Crippen molar-refractivity contribution in [2.24, 2.45) is 0 Å². The summed E-state index contributed by atoms with van der Waals surface area (Å²) in [6, 6.07) is 18.3. The van der Waals surface area contributed by atoms with E-state index in [-0.39, 0.29) is 31.0 Å². The van der Waals surface area contributed by atoms with Gasteiger partial charge in [0.2, 0.25) is 0 Å². The number of hydrogen-bond donors (Lipinski definition) is 2. The average molecular weight is 529 g/mol. The molecule has 0 bridgehead atoms. The quantitative estimate of drug-likeness (QED) is 0.238. The molecule has 0 aliphatic carbocycles. The molecule has 0 aliphatic heterocycles. The molecule has 2 N–H and O–H groups in total. The first-order valence-electron chi connectivity index (χ1n) is 10.9. The number of rotatable bonds is 12. The van der Waals surface area contributed by atoms with E-state index < -0.39 is 17.5 Å². The van der Waals surface area contributed by atoms with E-state index >= 15 is 0 Å². The van der Waals surface area contributed by atoms with Gasteiger partial charge in [-0.25, -0.2) is 9.59 Å². The zero-order valence-electron chi connectivity index (χ0n) is 21.3. The molecule has 204 valence electrons. The molecular weight excluding hydrogens is 496 g/mol. The van der Waals surface area contributed by atoms with Gasteiger partial charge in [-0.3, -0.25) is 4.79 Å². The van der Waals surface area contributed by atoms with Gasteiger partial charge in [0, 0.05) is 11.1 Å². The minimum Gasteiger partial charge on any atom is -0.478 e. The fourth-order valence-electron chi connectivity index (χ4n) is 2.20. The highest BCUT2D eigenvalue weighted by molar-refractivity contribution is 5.85. The van der Waals surface area contributed by atoms with Crippen LogP contribution in [0.5, 0.6) is 0 Å². The fourth-order valence-corrected chi connectivity index (χ4v) is 2.20. The normalized spacial score (nSPS) is 9.32. The van der Waals surface area contributed by atoms with Gasteiger partial charge < -0.3 is 34.1 Å². The van der Waals surface area contributed by atoms with Crippen LogP contribution in [0, 0.1) is 0 Å². The van der Waals surface area contributed by atoms with Gasteiger partial charge in [-0.15, -0.1) is 0 Å². The topological polar surface area (TPSA) is 161 Å². The smallest absolute Gasteiger partial charge is 0.330 e. The highest BCUT2D eigenvalue weighted by atomic mass is 16.5. The number of carboxylic acids is 2. The van der Waals surface area contributed by atoms with E-state index in [1.807, 2.05) is 60.7 Å². The monoisotopic (exact) mass is 528 g/mol. The van der Waals surface area contributed by atoms with E-state index in [1.165, 1.54) is 13.8 Å². The molecule has 0 spiro atoms. The largest absolute Gasteiger partial charge is 0.478 e. The maximum Gasteiger partial charge on any atom is 0.330 e. The molecule has 0 aliphatic rings. The van der Waals surface area contributed by atoms with Gasteiger partial charge in [-0.1, -0.05) is 73.8 Å². The summed E-state index contributed by atoms with van der Waals surface area (Å²) < 4.78 is 9.96. The second-order valence-electron chi connectivity index (χ2n) is 7.10. The minimum absolute atomic E-state index is 0.0126. The van der Waals surface area contributed by atoms with Crippen LogP contribution < -0.4 is 0 Å². The van der Waals surface area contributed by atoms with Gasteiger partial charge in [0.15, 0.2) is 11.9 Å². The van der Waals surface area contributed by atoms with Crippen LogP contribution in [-0.4, -0.2) is 67.1 Å². The fraction of sp³-hybridized carbons (Fsp3) is 0.214. The Morgan fingerprint density at radius 2 is 1.03 bits per heavy atom. The molecule has 2 aromatic carbocycles. The second-order valence-corrected chi connectivity index (χ2v) is 7.10. The number of carbonyl (C=O) groups is 6. The third-order valence-corrected chi connectivity index (χ3v) is 4.05. The van der Waals surface area contributed by atoms with Crippen LogP contribution in [0.2, 0.25) is 0 Å². The molecule has 10 nitrogen and oxygen atoms in total. The Labute approximate surface area is 221 Å². The van der Waals surface area contributed by atoms with E-state index in [2.05, 4.69) is 17.9 Å². The summed E-state index contributed by atoms with van der Waals surface area (Å²) in [5.41, 5.74) is 0.532. The first kappa shape index (κ1) is 35.6. The molecule has 2 rings (SSSR count). The van der Waals surface area contributed by atoms with Crippen molar-refractivity contribution in [3.8, 4) is 0 Å². The van der Waals surface area contributed by atoms with Gasteiger partial charge in [0.05, 0.1) is 0 Å². The van der Waals surface area contributed by atoms with E-state index in [0.29, 0.717) is 30.0 Å². The Morgan fingerprint density at radius 3 is 1.26 bits per heavy atom. The number of ether oxygens (including phenoxy) is 2. The van der Waals surface area contributed by atoms with Crippen molar-refractivity contribution in [2.45, 2.75) is 19.4 Å². The molecule has 10 heteroatoms. The predicted molar refractivity (Wildman–Crippen MR) is 140 cm³/mol. The first-order chi connectivity index (χ1) is 18.0. The number of aliphatic carboxylic acids is 2. The van der Waals surface area contributed by atoms with Gasteiger partial charge >= 0.3 is 11.9 Å². The molecule has 0 heterocycles. The van der Waals surface area contributed by atoms with Gasteiger partial charge in [0.1, 0.15) is 38.7 Å². The lowest BCUT2D eigenvalue weighted by Gasteiger charge is -2.28. The SMILES string of the molecule is C=C(C)C(=O)O.C=C(C)C(=O)O.O=CCOC(C=O)(c1ccccc1)c1ccccc1.O=CCOCC=O. The van der Waals surface area contributed by atoms with E-state index in [1.54, 1.807) is 0 Å². The molecule has 0 aromatic heterocycles. The number of benzene rings is 2. The zero-order valence-corrected chi connectivity index (χ0v) is 21.3. The van der Waals surface area contributed by atoms with Crippen LogP contribution >= 0.6 is 0 Å². The van der Waals surface area contributed by atoms with E-state index in [0.717, 1.165) is 6.29 Å². The van der Waals surface area contributed by atoms with Crippen LogP contribution in [0.1, 0.15) is 25.0 Å². The standard InChI is InChI=1S/C16H14O3.C4H6O3.2C4H6O2/c17-11-12-19-16(13-18,14-7-3-1-4-8-14)15-9-5-2-6-10-15;5-1-3-7-4-2-6;2*1-3(2)4(5)6/h1-11,13H,12H2;1-2H,3-4H2;2*1H2,2H3,(H,5,6). The van der Waals surface area contributed by atoms with Crippen LogP contribution in [-0.2, 0) is 43.8 Å². The first-order valence-corrected chi connectivity index (χ1v) is 10.9. The van der Waals surface area contributed by atoms with Crippen molar-refractivity contribution < 1.29 is 48.5 Å². The summed E-state index contributed by atoms with van der Waals surface area (Å²) in [6.45, 7) is 9.09. The van der Waals surface area contributed by atoms with Crippen molar-refractivity contribution in [2.75, 3.05) is 19.8 Å². The zero-order chi connectivity index (χ0) is 29.4. The number of carbonyl (C=O) groups excluding carboxylic acids is 4. The van der Waals surface area contributed by atoms with Crippen LogP contribution in [0.15, 0.2) is 85.0 Å². The number of aldehydes is 4. The lowest BCUT2D eigenvalue weighted by Crippen LogP contribution is -2.33. The maximum atomic E-state index is 11.7. The third-order valence-electron chi connectivity index (χ3n) is 4.05. The molecule has 0 amide bonds. The molecule has 0 saturated heterocycles. The Morgan fingerprint density at radius 1 is 0.711 bits per heavy atom. The minimum atomic E-state index is -1.23. The molecule has 0 saturated carbocycles. The molecule has 0 fully saturated rings. The van der Waals surface area contributed by atoms with Crippen molar-refractivity contribution in [1.29, 1.82) is 0 Å². The molecule has 0 radical (unpaired) electrons. The van der Waals surface area contributed by atoms with Gasteiger partial charge in [-0.05, 0) is 25.0 Å². The van der Waals surface area contributed by atoms with Gasteiger partial charge in [0.25, 0.3) is 0 Å². The van der Waals surface area contributed by atoms with Crippen LogP contribution in [0.3, 0.4) is 0 Å². The van der Waals surface area contributed by atoms with Gasteiger partial charge in [-0.2, -0.15) is 0 Å². The third kappa shape index (κ3) is 15.5. The molecule has 2 aromatic rings. The van der Waals surface area contributed by atoms with E-state index in [4.69, 9.17) is 14.9 Å². The highest BCUT2D eigenvalue weighted by Crippen LogP contribution is 2.31. The predicted octanol–water partition coefficient (Wildman–Crippen LogP) is 3.04. The summed E-state index contributed by atoms with van der Waals surface area (Å²) >= 11 is 0. The molecule has 0 unspecified atom stereocenters. The van der Waals surface area contributed by atoms with E-state index in [9.17, 15) is 28.8 Å². The second kappa shape index (κ2) is 21.7. The Hall–Kier alpha value is -4.54. The van der Waals surface area contributed by atoms with Crippen LogP contribution in [0.25, 0.3) is 0 Å². The summed E-state index contributed by atoms with van der Waals surface area (Å²) in [4.78, 5) is 60.4. The number of carboxylic acid groups (broad SMARTS) is 2. The summed E-state index contributed by atoms with van der Waals surface area (Å²) in [6.07, 6.45) is 2.58. The van der Waals surface area contributed by atoms with Crippen molar-refractivity contribution in [1.82, 2.24) is 0 Å². The maximum absolute atomic E-state index is 11.7. The van der Waals surface area contributed by atoms with Crippen molar-refractivity contribution in [3.05, 3.63) is 96.1 Å². The average Bonchev–Trinajstić information content (AvgIpc) is 2.92. The summed E-state index contributed by atoms with van der Waals surface area (Å²) in [7, 11) is 0. The van der Waals surface area contributed by atoms with Crippen molar-refractivity contribution >= 4 is 37.1 Å². The molecular formula is C28H32O10. The molecule has 38 heavy (non-hydrogen) atoms. The Balaban J connectivity index is 0.